The summed E-state index contributed by atoms with van der Waals surface area (Å²) in [5.74, 6) is 1.33. The number of hydrogen-bond acceptors (Lipinski definition) is 6. The number of amides is 1. The van der Waals surface area contributed by atoms with E-state index in [1.54, 1.807) is 0 Å². The van der Waals surface area contributed by atoms with Crippen molar-refractivity contribution in [3.8, 4) is 0 Å². The molecule has 1 N–H and O–H groups in total. The first-order valence-electron chi connectivity index (χ1n) is 8.21. The molecule has 24 heavy (non-hydrogen) atoms. The number of carbonyl (C=O) groups excluding carboxylic acids is 1. The van der Waals surface area contributed by atoms with Crippen LogP contribution in [-0.4, -0.2) is 27.6 Å². The summed E-state index contributed by atoms with van der Waals surface area (Å²) in [6, 6.07) is -0.366. The molecule has 0 aliphatic heterocycles. The monoisotopic (exact) mass is 355 g/mol. The lowest BCUT2D eigenvalue weighted by Crippen LogP contribution is -2.37. The summed E-state index contributed by atoms with van der Waals surface area (Å²) in [6.07, 6.45) is 2.48. The third-order valence-corrected chi connectivity index (χ3v) is 4.02. The van der Waals surface area contributed by atoms with Gasteiger partial charge in [-0.1, -0.05) is 43.7 Å². The number of nitrogens with one attached hydrogen (secondary N) is 1. The van der Waals surface area contributed by atoms with Gasteiger partial charge in [0.2, 0.25) is 5.89 Å². The molecule has 0 saturated carbocycles. The van der Waals surface area contributed by atoms with E-state index in [2.05, 4.69) is 28.5 Å². The Morgan fingerprint density at radius 1 is 1.38 bits per heavy atom. The zero-order chi connectivity index (χ0) is 18.3. The smallest absolute Gasteiger partial charge is 0.408 e. The summed E-state index contributed by atoms with van der Waals surface area (Å²) < 4.78 is 11.1. The van der Waals surface area contributed by atoms with Crippen LogP contribution in [0.4, 0.5) is 4.79 Å². The number of hydrogen-bond donors (Lipinski definition) is 1. The lowest BCUT2D eigenvalue weighted by atomic mass is 9.99. The molecule has 0 aliphatic rings. The number of aromatic nitrogens is 2. The van der Waals surface area contributed by atoms with Crippen molar-refractivity contribution in [2.75, 3.05) is 5.75 Å². The number of allylic oxidation sites excluding steroid dienone is 1. The maximum Gasteiger partial charge on any atom is 0.408 e. The molecule has 0 radical (unpaired) electrons. The van der Waals surface area contributed by atoms with Gasteiger partial charge >= 0.3 is 6.09 Å². The second-order valence-electron chi connectivity index (χ2n) is 7.01. The topological polar surface area (TPSA) is 77.2 Å². The highest BCUT2D eigenvalue weighted by Gasteiger charge is 2.28. The number of thioether (sulfide) groups is 1. The third-order valence-electron chi connectivity index (χ3n) is 3.27. The molecule has 1 amide bonds. The van der Waals surface area contributed by atoms with Crippen LogP contribution in [0, 0.1) is 5.92 Å². The summed E-state index contributed by atoms with van der Waals surface area (Å²) in [4.78, 5) is 12.1. The summed E-state index contributed by atoms with van der Waals surface area (Å²) in [5, 5.41) is 11.5. The Kier molecular flexibility index (Phi) is 7.79. The van der Waals surface area contributed by atoms with Crippen molar-refractivity contribution in [2.45, 2.75) is 71.8 Å². The molecular weight excluding hydrogens is 326 g/mol. The normalized spacial score (nSPS) is 14.0. The van der Waals surface area contributed by atoms with Gasteiger partial charge in [-0.25, -0.2) is 4.79 Å². The van der Waals surface area contributed by atoms with E-state index in [1.165, 1.54) is 17.3 Å². The minimum atomic E-state index is -0.551. The summed E-state index contributed by atoms with van der Waals surface area (Å²) in [5.41, 5.74) is 0.691. The van der Waals surface area contributed by atoms with Crippen molar-refractivity contribution in [1.82, 2.24) is 15.5 Å². The van der Waals surface area contributed by atoms with Crippen molar-refractivity contribution < 1.29 is 13.9 Å². The fourth-order valence-electron chi connectivity index (χ4n) is 1.80. The second kappa shape index (κ2) is 9.11. The fraction of sp³-hybridized carbons (Fsp3) is 0.706. The maximum absolute atomic E-state index is 12.1. The molecule has 1 rings (SSSR count). The summed E-state index contributed by atoms with van der Waals surface area (Å²) >= 11 is 1.47. The second-order valence-corrected chi connectivity index (χ2v) is 7.98. The van der Waals surface area contributed by atoms with Gasteiger partial charge in [0.05, 0.1) is 0 Å². The van der Waals surface area contributed by atoms with Crippen molar-refractivity contribution in [3.63, 3.8) is 0 Å². The van der Waals surface area contributed by atoms with Crippen LogP contribution in [0.5, 0.6) is 0 Å². The predicted molar refractivity (Wildman–Crippen MR) is 96.0 cm³/mol. The average Bonchev–Trinajstić information content (AvgIpc) is 2.90. The molecule has 0 bridgehead atoms. The van der Waals surface area contributed by atoms with Crippen LogP contribution in [0.15, 0.2) is 21.3 Å². The Labute approximate surface area is 148 Å². The van der Waals surface area contributed by atoms with Crippen LogP contribution in [0.3, 0.4) is 0 Å². The molecule has 1 aromatic heterocycles. The standard InChI is InChI=1S/C17H29N3O3S/c1-8-12(4)13(18-15(21)23-17(5,6)7)14-19-20-16(22-14)24-10-9-11(2)3/h9,12-13H,8,10H2,1-7H3,(H,18,21)/t12-,13-/m0/s1. The predicted octanol–water partition coefficient (Wildman–Crippen LogP) is 4.74. The van der Waals surface area contributed by atoms with E-state index in [4.69, 9.17) is 9.15 Å². The molecule has 0 unspecified atom stereocenters. The molecule has 0 aromatic carbocycles. The maximum atomic E-state index is 12.1. The SMILES string of the molecule is CC[C@H](C)[C@H](NC(=O)OC(C)(C)C)c1nnc(SCC=C(C)C)o1. The average molecular weight is 356 g/mol. The van der Waals surface area contributed by atoms with Gasteiger partial charge in [0.15, 0.2) is 0 Å². The molecule has 136 valence electrons. The van der Waals surface area contributed by atoms with E-state index >= 15 is 0 Å². The summed E-state index contributed by atoms with van der Waals surface area (Å²) in [6.45, 7) is 13.7. The molecule has 0 aliphatic carbocycles. The van der Waals surface area contributed by atoms with E-state index in [0.717, 1.165) is 12.2 Å². The zero-order valence-electron chi connectivity index (χ0n) is 15.7. The van der Waals surface area contributed by atoms with Gasteiger partial charge in [0, 0.05) is 5.75 Å². The zero-order valence-corrected chi connectivity index (χ0v) is 16.5. The molecule has 7 heteroatoms. The number of carbonyl (C=O) groups is 1. The highest BCUT2D eigenvalue weighted by Crippen LogP contribution is 2.27. The first-order valence-corrected chi connectivity index (χ1v) is 9.20. The molecule has 1 aromatic rings. The lowest BCUT2D eigenvalue weighted by molar-refractivity contribution is 0.0474. The Hall–Kier alpha value is -1.50. The molecule has 6 nitrogen and oxygen atoms in total. The van der Waals surface area contributed by atoms with E-state index in [0.29, 0.717) is 11.1 Å². The van der Waals surface area contributed by atoms with E-state index in [-0.39, 0.29) is 12.0 Å². The van der Waals surface area contributed by atoms with Gasteiger partial charge in [0.25, 0.3) is 5.22 Å². The Bertz CT molecular complexity index is 560. The fourth-order valence-corrected chi connectivity index (χ4v) is 2.60. The van der Waals surface area contributed by atoms with Crippen molar-refractivity contribution in [2.24, 2.45) is 5.92 Å². The number of rotatable bonds is 7. The number of nitrogens with zero attached hydrogens (tertiary/aromatic N) is 2. The molecule has 0 fully saturated rings. The van der Waals surface area contributed by atoms with Crippen LogP contribution >= 0.6 is 11.8 Å². The minimum Gasteiger partial charge on any atom is -0.444 e. The van der Waals surface area contributed by atoms with E-state index < -0.39 is 11.7 Å². The molecule has 0 spiro atoms. The van der Waals surface area contributed by atoms with E-state index in [9.17, 15) is 4.79 Å². The molecule has 2 atom stereocenters. The number of alkyl carbamates (subject to hydrolysis) is 1. The van der Waals surface area contributed by atoms with Crippen LogP contribution in [0.1, 0.15) is 66.8 Å². The van der Waals surface area contributed by atoms with Gasteiger partial charge in [-0.2, -0.15) is 0 Å². The van der Waals surface area contributed by atoms with Crippen LogP contribution in [0.25, 0.3) is 0 Å². The minimum absolute atomic E-state index is 0.147. The van der Waals surface area contributed by atoms with Crippen LogP contribution < -0.4 is 5.32 Å². The highest BCUT2D eigenvalue weighted by atomic mass is 32.2. The quantitative estimate of drug-likeness (QED) is 0.562. The van der Waals surface area contributed by atoms with Gasteiger partial charge < -0.3 is 14.5 Å². The summed E-state index contributed by atoms with van der Waals surface area (Å²) in [7, 11) is 0. The Morgan fingerprint density at radius 3 is 2.58 bits per heavy atom. The molecule has 0 saturated heterocycles. The van der Waals surface area contributed by atoms with Gasteiger partial charge in [-0.3, -0.25) is 0 Å². The number of ether oxygens (including phenoxy) is 1. The lowest BCUT2D eigenvalue weighted by Gasteiger charge is -2.24. The van der Waals surface area contributed by atoms with E-state index in [1.807, 2.05) is 41.5 Å². The van der Waals surface area contributed by atoms with Crippen LogP contribution in [-0.2, 0) is 4.74 Å². The molecule has 1 heterocycles. The Balaban J connectivity index is 2.80. The largest absolute Gasteiger partial charge is 0.444 e. The first kappa shape index (κ1) is 20.5. The first-order chi connectivity index (χ1) is 11.1. The molecular formula is C17H29N3O3S. The van der Waals surface area contributed by atoms with Crippen molar-refractivity contribution in [3.05, 3.63) is 17.5 Å². The van der Waals surface area contributed by atoms with Crippen molar-refractivity contribution >= 4 is 17.9 Å². The van der Waals surface area contributed by atoms with Gasteiger partial charge in [-0.05, 0) is 40.5 Å². The highest BCUT2D eigenvalue weighted by molar-refractivity contribution is 7.99. The van der Waals surface area contributed by atoms with Crippen LogP contribution in [0.2, 0.25) is 0 Å². The van der Waals surface area contributed by atoms with Gasteiger partial charge in [-0.15, -0.1) is 10.2 Å². The Morgan fingerprint density at radius 2 is 2.04 bits per heavy atom. The van der Waals surface area contributed by atoms with Crippen molar-refractivity contribution in [1.29, 1.82) is 0 Å². The van der Waals surface area contributed by atoms with Gasteiger partial charge in [0.1, 0.15) is 11.6 Å². The third kappa shape index (κ3) is 7.38.